The van der Waals surface area contributed by atoms with Crippen molar-refractivity contribution in [3.8, 4) is 0 Å². The highest BCUT2D eigenvalue weighted by molar-refractivity contribution is 5.75. The van der Waals surface area contributed by atoms with Gasteiger partial charge in [-0.25, -0.2) is 4.79 Å². The van der Waals surface area contributed by atoms with E-state index in [2.05, 4.69) is 33.4 Å². The van der Waals surface area contributed by atoms with Crippen molar-refractivity contribution < 1.29 is 4.79 Å². The Balaban J connectivity index is 1.21. The maximum Gasteiger partial charge on any atom is 0.317 e. The second-order valence-electron chi connectivity index (χ2n) is 7.73. The molecular formula is C20H28N4O. The number of carbonyl (C=O) groups is 1. The number of amides is 2. The fourth-order valence-corrected chi connectivity index (χ4v) is 4.43. The van der Waals surface area contributed by atoms with Crippen LogP contribution in [0.4, 0.5) is 4.79 Å². The number of fused-ring (bicyclic) bond motifs is 1. The molecule has 2 saturated heterocycles. The molecule has 2 aliphatic heterocycles. The Morgan fingerprint density at radius 3 is 2.52 bits per heavy atom. The third-order valence-electron chi connectivity index (χ3n) is 5.95. The van der Waals surface area contributed by atoms with Gasteiger partial charge < -0.3 is 10.2 Å². The molecule has 2 fully saturated rings. The third-order valence-corrected chi connectivity index (χ3v) is 5.95. The summed E-state index contributed by atoms with van der Waals surface area (Å²) in [6, 6.07) is 4.59. The zero-order valence-corrected chi connectivity index (χ0v) is 14.8. The number of nitrogens with one attached hydrogen (secondary N) is 1. The summed E-state index contributed by atoms with van der Waals surface area (Å²) < 4.78 is 0. The predicted octanol–water partition coefficient (Wildman–Crippen LogP) is 2.65. The third kappa shape index (κ3) is 4.03. The van der Waals surface area contributed by atoms with Crippen LogP contribution in [-0.4, -0.2) is 53.0 Å². The van der Waals surface area contributed by atoms with Crippen molar-refractivity contribution in [1.29, 1.82) is 0 Å². The van der Waals surface area contributed by atoms with E-state index in [9.17, 15) is 4.79 Å². The first-order valence-corrected chi connectivity index (χ1v) is 9.59. The Kier molecular flexibility index (Phi) is 5.02. The van der Waals surface area contributed by atoms with Gasteiger partial charge >= 0.3 is 6.03 Å². The Labute approximate surface area is 150 Å². The molecule has 5 nitrogen and oxygen atoms in total. The Morgan fingerprint density at radius 2 is 1.88 bits per heavy atom. The summed E-state index contributed by atoms with van der Waals surface area (Å²) in [5.41, 5.74) is 1.26. The van der Waals surface area contributed by atoms with Crippen molar-refractivity contribution in [1.82, 2.24) is 20.1 Å². The maximum absolute atomic E-state index is 12.6. The molecule has 0 radical (unpaired) electrons. The average Bonchev–Trinajstić information content (AvgIpc) is 3.09. The van der Waals surface area contributed by atoms with Crippen LogP contribution in [0.2, 0.25) is 0 Å². The summed E-state index contributed by atoms with van der Waals surface area (Å²) in [6.45, 7) is 4.89. The molecule has 3 heterocycles. The molecule has 3 aliphatic rings. The summed E-state index contributed by atoms with van der Waals surface area (Å²) in [5.74, 6) is 1.36. The molecule has 1 aromatic rings. The molecule has 5 heteroatoms. The molecule has 1 aromatic heterocycles. The zero-order valence-electron chi connectivity index (χ0n) is 14.8. The highest BCUT2D eigenvalue weighted by Gasteiger charge is 2.35. The highest BCUT2D eigenvalue weighted by Crippen LogP contribution is 2.32. The molecular weight excluding hydrogens is 312 g/mol. The van der Waals surface area contributed by atoms with Gasteiger partial charge in [0.25, 0.3) is 0 Å². The number of hydrogen-bond acceptors (Lipinski definition) is 3. The van der Waals surface area contributed by atoms with Crippen molar-refractivity contribution in [2.75, 3.05) is 26.2 Å². The fraction of sp³-hybridized carbons (Fsp3) is 0.600. The SMILES string of the molecule is O=C(NC1CCN(Cc2cccnc2)CC1)N1CC2CC=CCC2C1. The molecule has 0 saturated carbocycles. The molecule has 4 rings (SSSR count). The second-order valence-corrected chi connectivity index (χ2v) is 7.73. The molecule has 134 valence electrons. The number of likely N-dealkylation sites (tertiary alicyclic amines) is 2. The molecule has 0 aromatic carbocycles. The first kappa shape index (κ1) is 16.6. The number of piperidine rings is 1. The van der Waals surface area contributed by atoms with Crippen LogP contribution < -0.4 is 5.32 Å². The number of urea groups is 1. The first-order chi connectivity index (χ1) is 12.3. The lowest BCUT2D eigenvalue weighted by molar-refractivity contribution is 0.173. The molecule has 1 aliphatic carbocycles. The summed E-state index contributed by atoms with van der Waals surface area (Å²) in [7, 11) is 0. The smallest absolute Gasteiger partial charge is 0.317 e. The quantitative estimate of drug-likeness (QED) is 0.861. The van der Waals surface area contributed by atoms with Gasteiger partial charge in [0.2, 0.25) is 0 Å². The molecule has 2 atom stereocenters. The van der Waals surface area contributed by atoms with Gasteiger partial charge in [-0.1, -0.05) is 18.2 Å². The van der Waals surface area contributed by atoms with E-state index in [0.29, 0.717) is 17.9 Å². The van der Waals surface area contributed by atoms with Crippen LogP contribution in [0.25, 0.3) is 0 Å². The minimum absolute atomic E-state index is 0.153. The first-order valence-electron chi connectivity index (χ1n) is 9.59. The van der Waals surface area contributed by atoms with Gasteiger partial charge in [-0.3, -0.25) is 9.88 Å². The lowest BCUT2D eigenvalue weighted by Crippen LogP contribution is -2.48. The Hall–Kier alpha value is -1.88. The predicted molar refractivity (Wildman–Crippen MR) is 98.0 cm³/mol. The van der Waals surface area contributed by atoms with Gasteiger partial charge in [0.1, 0.15) is 0 Å². The number of pyridine rings is 1. The van der Waals surface area contributed by atoms with E-state index in [1.54, 1.807) is 0 Å². The van der Waals surface area contributed by atoms with Crippen molar-refractivity contribution in [2.24, 2.45) is 11.8 Å². The van der Waals surface area contributed by atoms with Gasteiger partial charge in [-0.05, 0) is 49.1 Å². The number of nitrogens with zero attached hydrogens (tertiary/aromatic N) is 3. The number of hydrogen-bond donors (Lipinski definition) is 1. The molecule has 1 N–H and O–H groups in total. The van der Waals surface area contributed by atoms with Crippen LogP contribution in [0.3, 0.4) is 0 Å². The van der Waals surface area contributed by atoms with Gasteiger partial charge in [0, 0.05) is 51.2 Å². The summed E-state index contributed by atoms with van der Waals surface area (Å²) in [5, 5.41) is 3.28. The van der Waals surface area contributed by atoms with Gasteiger partial charge in [0.05, 0.1) is 0 Å². The molecule has 2 unspecified atom stereocenters. The van der Waals surface area contributed by atoms with Crippen LogP contribution in [0.15, 0.2) is 36.7 Å². The second kappa shape index (κ2) is 7.56. The van der Waals surface area contributed by atoms with Crippen LogP contribution in [0.5, 0.6) is 0 Å². The Morgan fingerprint density at radius 1 is 1.16 bits per heavy atom. The van der Waals surface area contributed by atoms with E-state index < -0.39 is 0 Å². The molecule has 0 bridgehead atoms. The van der Waals surface area contributed by atoms with Crippen LogP contribution in [0.1, 0.15) is 31.2 Å². The van der Waals surface area contributed by atoms with Gasteiger partial charge in [0.15, 0.2) is 0 Å². The molecule has 0 spiro atoms. The van der Waals surface area contributed by atoms with E-state index in [0.717, 1.165) is 58.4 Å². The Bertz CT molecular complexity index is 593. The number of allylic oxidation sites excluding steroid dienone is 2. The lowest BCUT2D eigenvalue weighted by Gasteiger charge is -2.33. The number of rotatable bonds is 3. The minimum Gasteiger partial charge on any atom is -0.335 e. The molecule has 2 amide bonds. The highest BCUT2D eigenvalue weighted by atomic mass is 16.2. The van der Waals surface area contributed by atoms with E-state index >= 15 is 0 Å². The summed E-state index contributed by atoms with van der Waals surface area (Å²) in [4.78, 5) is 21.3. The van der Waals surface area contributed by atoms with Crippen LogP contribution >= 0.6 is 0 Å². The maximum atomic E-state index is 12.6. The monoisotopic (exact) mass is 340 g/mol. The van der Waals surface area contributed by atoms with Gasteiger partial charge in [-0.15, -0.1) is 0 Å². The normalized spacial score (nSPS) is 27.3. The van der Waals surface area contributed by atoms with Crippen molar-refractivity contribution in [3.63, 3.8) is 0 Å². The molecule has 25 heavy (non-hydrogen) atoms. The number of aromatic nitrogens is 1. The standard InChI is InChI=1S/C20H28N4O/c25-20(24-14-17-5-1-2-6-18(17)15-24)22-19-7-10-23(11-8-19)13-16-4-3-9-21-12-16/h1-4,9,12,17-19H,5-8,10-11,13-15H2,(H,22,25). The van der Waals surface area contributed by atoms with E-state index in [1.165, 1.54) is 5.56 Å². The average molecular weight is 340 g/mol. The van der Waals surface area contributed by atoms with E-state index in [4.69, 9.17) is 0 Å². The largest absolute Gasteiger partial charge is 0.335 e. The fourth-order valence-electron chi connectivity index (χ4n) is 4.43. The van der Waals surface area contributed by atoms with Crippen molar-refractivity contribution in [2.45, 2.75) is 38.3 Å². The van der Waals surface area contributed by atoms with E-state index in [-0.39, 0.29) is 6.03 Å². The topological polar surface area (TPSA) is 48.5 Å². The minimum atomic E-state index is 0.153. The summed E-state index contributed by atoms with van der Waals surface area (Å²) >= 11 is 0. The van der Waals surface area contributed by atoms with Crippen LogP contribution in [0, 0.1) is 11.8 Å². The lowest BCUT2D eigenvalue weighted by atomic mass is 9.86. The van der Waals surface area contributed by atoms with E-state index in [1.807, 2.05) is 23.4 Å². The van der Waals surface area contributed by atoms with Crippen molar-refractivity contribution >= 4 is 6.03 Å². The number of carbonyl (C=O) groups excluding carboxylic acids is 1. The van der Waals surface area contributed by atoms with Gasteiger partial charge in [-0.2, -0.15) is 0 Å². The van der Waals surface area contributed by atoms with Crippen molar-refractivity contribution in [3.05, 3.63) is 42.2 Å². The summed E-state index contributed by atoms with van der Waals surface area (Å²) in [6.07, 6.45) is 12.7. The zero-order chi connectivity index (χ0) is 17.1. The van der Waals surface area contributed by atoms with Crippen LogP contribution in [-0.2, 0) is 6.54 Å².